The fourth-order valence-electron chi connectivity index (χ4n) is 2.25. The number of hydrogen-bond donors (Lipinski definition) is 1. The third-order valence-corrected chi connectivity index (χ3v) is 4.66. The van der Waals surface area contributed by atoms with Gasteiger partial charge in [0.15, 0.2) is 0 Å². The lowest BCUT2D eigenvalue weighted by Gasteiger charge is -2.10. The van der Waals surface area contributed by atoms with Gasteiger partial charge < -0.3 is 5.32 Å². The zero-order valence-electron chi connectivity index (χ0n) is 12.6. The van der Waals surface area contributed by atoms with Gasteiger partial charge in [0, 0.05) is 19.7 Å². The Labute approximate surface area is 162 Å². The number of benzene rings is 2. The largest absolute Gasteiger partial charge is 0.306 e. The number of carbonyl (C=O) groups excluding carboxylic acids is 1. The summed E-state index contributed by atoms with van der Waals surface area (Å²) in [5.41, 5.74) is 2.12. The molecule has 1 aromatic heterocycles. The number of anilines is 1. The molecule has 0 saturated heterocycles. The van der Waals surface area contributed by atoms with Crippen LogP contribution in [0.25, 0.3) is 5.69 Å². The Balaban J connectivity index is 1.94. The van der Waals surface area contributed by atoms with Crippen molar-refractivity contribution in [3.05, 3.63) is 73.4 Å². The molecule has 2 aromatic carbocycles. The summed E-state index contributed by atoms with van der Waals surface area (Å²) in [7, 11) is 0. The van der Waals surface area contributed by atoms with Gasteiger partial charge in [-0.15, -0.1) is 0 Å². The first-order valence-electron chi connectivity index (χ1n) is 7.03. The lowest BCUT2D eigenvalue weighted by atomic mass is 10.2. The normalized spacial score (nSPS) is 10.7. The van der Waals surface area contributed by atoms with Crippen molar-refractivity contribution in [3.8, 4) is 5.69 Å². The van der Waals surface area contributed by atoms with Gasteiger partial charge in [-0.1, -0.05) is 29.3 Å². The maximum atomic E-state index is 12.6. The minimum atomic E-state index is -0.223. The van der Waals surface area contributed by atoms with Gasteiger partial charge in [0.25, 0.3) is 5.91 Å². The summed E-state index contributed by atoms with van der Waals surface area (Å²) in [6.45, 7) is 1.86. The summed E-state index contributed by atoms with van der Waals surface area (Å²) in [5, 5.41) is 8.52. The molecular weight excluding hydrogens is 460 g/mol. The summed E-state index contributed by atoms with van der Waals surface area (Å²) >= 11 is 14.1. The van der Waals surface area contributed by atoms with E-state index in [1.54, 1.807) is 35.0 Å². The molecule has 0 saturated carbocycles. The Morgan fingerprint density at radius 2 is 1.88 bits per heavy atom. The Morgan fingerprint density at radius 3 is 2.58 bits per heavy atom. The first-order chi connectivity index (χ1) is 11.4. The van der Waals surface area contributed by atoms with Crippen LogP contribution in [0.5, 0.6) is 0 Å². The molecule has 7 heteroatoms. The minimum Gasteiger partial charge on any atom is -0.306 e. The minimum absolute atomic E-state index is 0.223. The number of aromatic nitrogens is 2. The number of nitrogens with one attached hydrogen (secondary N) is 1. The van der Waals surface area contributed by atoms with Gasteiger partial charge in [-0.25, -0.2) is 4.68 Å². The van der Waals surface area contributed by atoms with E-state index in [9.17, 15) is 4.79 Å². The standard InChI is InChI=1S/C17H12Cl2IN3O/c1-10-7-16(23(22-10)13-4-2-3-11(18)8-13)21-17(24)14-6-5-12(19)9-15(14)20/h2-9H,1H3,(H,21,24). The molecule has 0 atom stereocenters. The summed E-state index contributed by atoms with van der Waals surface area (Å²) < 4.78 is 2.44. The van der Waals surface area contributed by atoms with Crippen molar-refractivity contribution in [1.29, 1.82) is 0 Å². The van der Waals surface area contributed by atoms with E-state index >= 15 is 0 Å². The van der Waals surface area contributed by atoms with Gasteiger partial charge in [0.1, 0.15) is 5.82 Å². The molecule has 0 radical (unpaired) electrons. The highest BCUT2D eigenvalue weighted by atomic mass is 127. The molecule has 0 aliphatic rings. The van der Waals surface area contributed by atoms with Crippen LogP contribution in [0.3, 0.4) is 0 Å². The summed E-state index contributed by atoms with van der Waals surface area (Å²) in [4.78, 5) is 12.6. The van der Waals surface area contributed by atoms with Crippen molar-refractivity contribution in [3.63, 3.8) is 0 Å². The number of nitrogens with zero attached hydrogens (tertiary/aromatic N) is 2. The molecule has 24 heavy (non-hydrogen) atoms. The van der Waals surface area contributed by atoms with Gasteiger partial charge in [-0.2, -0.15) is 5.10 Å². The maximum Gasteiger partial charge on any atom is 0.257 e. The van der Waals surface area contributed by atoms with E-state index in [0.29, 0.717) is 21.4 Å². The summed E-state index contributed by atoms with van der Waals surface area (Å²) in [6.07, 6.45) is 0. The van der Waals surface area contributed by atoms with E-state index in [-0.39, 0.29) is 5.91 Å². The fourth-order valence-corrected chi connectivity index (χ4v) is 3.55. The highest BCUT2D eigenvalue weighted by molar-refractivity contribution is 14.1. The molecule has 3 rings (SSSR count). The molecule has 122 valence electrons. The van der Waals surface area contributed by atoms with Crippen LogP contribution in [-0.4, -0.2) is 15.7 Å². The topological polar surface area (TPSA) is 46.9 Å². The van der Waals surface area contributed by atoms with Crippen molar-refractivity contribution in [1.82, 2.24) is 9.78 Å². The summed E-state index contributed by atoms with van der Waals surface area (Å²) in [6, 6.07) is 14.2. The monoisotopic (exact) mass is 471 g/mol. The Kier molecular flexibility index (Phi) is 5.12. The summed E-state index contributed by atoms with van der Waals surface area (Å²) in [5.74, 6) is 0.352. The molecule has 0 fully saturated rings. The Morgan fingerprint density at radius 1 is 1.12 bits per heavy atom. The van der Waals surface area contributed by atoms with Crippen molar-refractivity contribution in [2.75, 3.05) is 5.32 Å². The third kappa shape index (κ3) is 3.74. The molecule has 1 N–H and O–H groups in total. The van der Waals surface area contributed by atoms with E-state index in [0.717, 1.165) is 15.0 Å². The molecule has 1 heterocycles. The van der Waals surface area contributed by atoms with Crippen LogP contribution in [0.2, 0.25) is 10.0 Å². The van der Waals surface area contributed by atoms with E-state index in [4.69, 9.17) is 23.2 Å². The fraction of sp³-hybridized carbons (Fsp3) is 0.0588. The van der Waals surface area contributed by atoms with Crippen LogP contribution < -0.4 is 5.32 Å². The van der Waals surface area contributed by atoms with Crippen LogP contribution in [0.4, 0.5) is 5.82 Å². The molecular formula is C17H12Cl2IN3O. The van der Waals surface area contributed by atoms with E-state index in [1.165, 1.54) is 0 Å². The van der Waals surface area contributed by atoms with Gasteiger partial charge in [-0.05, 0) is 65.9 Å². The highest BCUT2D eigenvalue weighted by Crippen LogP contribution is 2.22. The molecule has 4 nitrogen and oxygen atoms in total. The second kappa shape index (κ2) is 7.13. The van der Waals surface area contributed by atoms with E-state index < -0.39 is 0 Å². The predicted octanol–water partition coefficient (Wildman–Crippen LogP) is 5.34. The zero-order chi connectivity index (χ0) is 17.3. The number of aryl methyl sites for hydroxylation is 1. The Hall–Kier alpha value is -1.57. The second-order valence-electron chi connectivity index (χ2n) is 5.14. The second-order valence-corrected chi connectivity index (χ2v) is 7.18. The quantitative estimate of drug-likeness (QED) is 0.524. The van der Waals surface area contributed by atoms with E-state index in [1.807, 2.05) is 25.1 Å². The number of carbonyl (C=O) groups is 1. The lowest BCUT2D eigenvalue weighted by Crippen LogP contribution is -2.16. The number of halogens is 3. The molecule has 0 aliphatic heterocycles. The van der Waals surface area contributed by atoms with Crippen molar-refractivity contribution in [2.45, 2.75) is 6.92 Å². The zero-order valence-corrected chi connectivity index (χ0v) is 16.2. The van der Waals surface area contributed by atoms with Crippen LogP contribution in [0.1, 0.15) is 16.1 Å². The van der Waals surface area contributed by atoms with Crippen LogP contribution in [0, 0.1) is 10.5 Å². The Bertz CT molecular complexity index is 924. The predicted molar refractivity (Wildman–Crippen MR) is 105 cm³/mol. The first kappa shape index (κ1) is 17.3. The van der Waals surface area contributed by atoms with Gasteiger partial charge in [-0.3, -0.25) is 4.79 Å². The first-order valence-corrected chi connectivity index (χ1v) is 8.86. The molecule has 0 aliphatic carbocycles. The molecule has 3 aromatic rings. The number of rotatable bonds is 3. The van der Waals surface area contributed by atoms with Gasteiger partial charge in [0.2, 0.25) is 0 Å². The molecule has 0 unspecified atom stereocenters. The van der Waals surface area contributed by atoms with E-state index in [2.05, 4.69) is 33.0 Å². The number of hydrogen-bond acceptors (Lipinski definition) is 2. The van der Waals surface area contributed by atoms with Crippen molar-refractivity contribution >= 4 is 57.5 Å². The average Bonchev–Trinajstić information content (AvgIpc) is 2.87. The molecule has 0 spiro atoms. The lowest BCUT2D eigenvalue weighted by molar-refractivity contribution is 0.102. The van der Waals surface area contributed by atoms with Crippen LogP contribution in [0.15, 0.2) is 48.5 Å². The maximum absolute atomic E-state index is 12.6. The van der Waals surface area contributed by atoms with Gasteiger partial charge >= 0.3 is 0 Å². The van der Waals surface area contributed by atoms with Crippen molar-refractivity contribution in [2.24, 2.45) is 0 Å². The SMILES string of the molecule is Cc1cc(NC(=O)c2ccc(Cl)cc2I)n(-c2cccc(Cl)c2)n1. The smallest absolute Gasteiger partial charge is 0.257 e. The van der Waals surface area contributed by atoms with Crippen molar-refractivity contribution < 1.29 is 4.79 Å². The number of amides is 1. The van der Waals surface area contributed by atoms with Crippen LogP contribution in [-0.2, 0) is 0 Å². The third-order valence-electron chi connectivity index (χ3n) is 3.30. The highest BCUT2D eigenvalue weighted by Gasteiger charge is 2.15. The average molecular weight is 472 g/mol. The molecule has 0 bridgehead atoms. The van der Waals surface area contributed by atoms with Gasteiger partial charge in [0.05, 0.1) is 16.9 Å². The molecule has 1 amide bonds. The van der Waals surface area contributed by atoms with Crippen LogP contribution >= 0.6 is 45.8 Å².